The lowest BCUT2D eigenvalue weighted by Gasteiger charge is -2.02. The molecule has 0 unspecified atom stereocenters. The Kier molecular flexibility index (Phi) is 3.38. The van der Waals surface area contributed by atoms with E-state index in [0.29, 0.717) is 11.0 Å². The van der Waals surface area contributed by atoms with E-state index >= 15 is 0 Å². The summed E-state index contributed by atoms with van der Waals surface area (Å²) in [5.41, 5.74) is 1.58. The summed E-state index contributed by atoms with van der Waals surface area (Å²) in [6.45, 7) is 0.795. The molecule has 0 saturated heterocycles. The van der Waals surface area contributed by atoms with Gasteiger partial charge in [0.15, 0.2) is 5.15 Å². The van der Waals surface area contributed by atoms with Gasteiger partial charge in [0.2, 0.25) is 0 Å². The van der Waals surface area contributed by atoms with Crippen molar-refractivity contribution < 1.29 is 0 Å². The zero-order valence-corrected chi connectivity index (χ0v) is 9.54. The van der Waals surface area contributed by atoms with Gasteiger partial charge in [-0.25, -0.2) is 9.97 Å². The Bertz CT molecular complexity index is 454. The van der Waals surface area contributed by atoms with Crippen LogP contribution in [0.2, 0.25) is 5.15 Å². The van der Waals surface area contributed by atoms with E-state index in [1.165, 1.54) is 6.33 Å². The van der Waals surface area contributed by atoms with Crippen LogP contribution in [0.15, 0.2) is 12.5 Å². The molecule has 2 aromatic rings. The Hall–Kier alpha value is -0.870. The molecule has 0 aliphatic heterocycles. The minimum atomic E-state index is 0.448. The van der Waals surface area contributed by atoms with Crippen LogP contribution in [0.3, 0.4) is 0 Å². The lowest BCUT2D eigenvalue weighted by Crippen LogP contribution is -2.01. The zero-order valence-electron chi connectivity index (χ0n) is 8.03. The molecule has 0 aliphatic carbocycles. The number of halogens is 2. The third kappa shape index (κ3) is 2.21. The van der Waals surface area contributed by atoms with Crippen LogP contribution in [0, 0.1) is 0 Å². The standard InChI is InChI=1S/C9H10Cl2N4/c10-3-1-2-4-15-8-7(5-14-15)12-6-13-9(8)11/h5-6H,1-4H2. The third-order valence-electron chi connectivity index (χ3n) is 2.14. The maximum atomic E-state index is 5.98. The van der Waals surface area contributed by atoms with Crippen LogP contribution in [0.5, 0.6) is 0 Å². The predicted molar refractivity (Wildman–Crippen MR) is 60.3 cm³/mol. The molecule has 0 bridgehead atoms. The van der Waals surface area contributed by atoms with Gasteiger partial charge in [-0.15, -0.1) is 11.6 Å². The molecule has 0 saturated carbocycles. The Morgan fingerprint density at radius 2 is 2.13 bits per heavy atom. The minimum absolute atomic E-state index is 0.448. The van der Waals surface area contributed by atoms with E-state index in [9.17, 15) is 0 Å². The van der Waals surface area contributed by atoms with Crippen molar-refractivity contribution in [1.82, 2.24) is 19.7 Å². The van der Waals surface area contributed by atoms with E-state index in [2.05, 4.69) is 15.1 Å². The summed E-state index contributed by atoms with van der Waals surface area (Å²) in [7, 11) is 0. The maximum absolute atomic E-state index is 5.98. The predicted octanol–water partition coefficient (Wildman–Crippen LogP) is 2.50. The molecular weight excluding hydrogens is 235 g/mol. The van der Waals surface area contributed by atoms with E-state index in [-0.39, 0.29) is 0 Å². The molecule has 15 heavy (non-hydrogen) atoms. The molecule has 0 radical (unpaired) electrons. The van der Waals surface area contributed by atoms with Crippen molar-refractivity contribution in [2.24, 2.45) is 0 Å². The van der Waals surface area contributed by atoms with Gasteiger partial charge in [0, 0.05) is 12.4 Å². The van der Waals surface area contributed by atoms with Crippen LogP contribution >= 0.6 is 23.2 Å². The molecule has 6 heteroatoms. The summed E-state index contributed by atoms with van der Waals surface area (Å²) in [6, 6.07) is 0. The number of fused-ring (bicyclic) bond motifs is 1. The topological polar surface area (TPSA) is 43.6 Å². The smallest absolute Gasteiger partial charge is 0.158 e. The fraction of sp³-hybridized carbons (Fsp3) is 0.444. The maximum Gasteiger partial charge on any atom is 0.158 e. The zero-order chi connectivity index (χ0) is 10.7. The van der Waals surface area contributed by atoms with Gasteiger partial charge in [0.25, 0.3) is 0 Å². The Morgan fingerprint density at radius 1 is 1.27 bits per heavy atom. The summed E-state index contributed by atoms with van der Waals surface area (Å²) in [6.07, 6.45) is 5.08. The fourth-order valence-electron chi connectivity index (χ4n) is 1.41. The van der Waals surface area contributed by atoms with Gasteiger partial charge >= 0.3 is 0 Å². The quantitative estimate of drug-likeness (QED) is 0.472. The first-order valence-electron chi connectivity index (χ1n) is 4.71. The molecule has 0 aliphatic rings. The number of nitrogens with zero attached hydrogens (tertiary/aromatic N) is 4. The molecule has 0 N–H and O–H groups in total. The highest BCUT2D eigenvalue weighted by Crippen LogP contribution is 2.18. The molecule has 2 aromatic heterocycles. The summed E-state index contributed by atoms with van der Waals surface area (Å²) in [5, 5.41) is 4.66. The number of hydrogen-bond donors (Lipinski definition) is 0. The van der Waals surface area contributed by atoms with Crippen molar-refractivity contribution in [3.05, 3.63) is 17.7 Å². The van der Waals surface area contributed by atoms with Crippen molar-refractivity contribution in [3.63, 3.8) is 0 Å². The van der Waals surface area contributed by atoms with Crippen LogP contribution in [0.1, 0.15) is 12.8 Å². The summed E-state index contributed by atoms with van der Waals surface area (Å²) < 4.78 is 1.82. The second-order valence-corrected chi connectivity index (χ2v) is 3.90. The van der Waals surface area contributed by atoms with Gasteiger partial charge in [0.05, 0.1) is 6.20 Å². The first kappa shape index (κ1) is 10.6. The van der Waals surface area contributed by atoms with Crippen LogP contribution in [0.25, 0.3) is 11.0 Å². The normalized spacial score (nSPS) is 11.1. The Balaban J connectivity index is 2.27. The minimum Gasteiger partial charge on any atom is -0.260 e. The van der Waals surface area contributed by atoms with Crippen molar-refractivity contribution in [2.75, 3.05) is 5.88 Å². The van der Waals surface area contributed by atoms with Crippen molar-refractivity contribution in [3.8, 4) is 0 Å². The summed E-state index contributed by atoms with van der Waals surface area (Å²) in [4.78, 5) is 8.02. The van der Waals surface area contributed by atoms with Gasteiger partial charge < -0.3 is 0 Å². The number of alkyl halides is 1. The largest absolute Gasteiger partial charge is 0.260 e. The SMILES string of the molecule is ClCCCCn1ncc2ncnc(Cl)c21. The van der Waals surface area contributed by atoms with Crippen molar-refractivity contribution >= 4 is 34.2 Å². The van der Waals surface area contributed by atoms with Gasteiger partial charge in [-0.1, -0.05) is 11.6 Å². The number of unbranched alkanes of at least 4 members (excludes halogenated alkanes) is 1. The lowest BCUT2D eigenvalue weighted by molar-refractivity contribution is 0.589. The summed E-state index contributed by atoms with van der Waals surface area (Å²) in [5.74, 6) is 0.670. The highest BCUT2D eigenvalue weighted by molar-refractivity contribution is 6.33. The average Bonchev–Trinajstić information content (AvgIpc) is 2.63. The molecule has 80 valence electrons. The van der Waals surface area contributed by atoms with Gasteiger partial charge in [0.1, 0.15) is 17.4 Å². The van der Waals surface area contributed by atoms with Crippen LogP contribution in [0.4, 0.5) is 0 Å². The monoisotopic (exact) mass is 244 g/mol. The highest BCUT2D eigenvalue weighted by atomic mass is 35.5. The molecule has 0 aromatic carbocycles. The number of hydrogen-bond acceptors (Lipinski definition) is 3. The molecule has 0 amide bonds. The molecule has 2 rings (SSSR count). The van der Waals surface area contributed by atoms with Gasteiger partial charge in [-0.05, 0) is 12.8 Å². The van der Waals surface area contributed by atoms with E-state index in [1.54, 1.807) is 6.20 Å². The number of aryl methyl sites for hydroxylation is 1. The van der Waals surface area contributed by atoms with E-state index in [4.69, 9.17) is 23.2 Å². The first-order chi connectivity index (χ1) is 7.33. The van der Waals surface area contributed by atoms with Gasteiger partial charge in [-0.3, -0.25) is 4.68 Å². The molecule has 0 fully saturated rings. The average molecular weight is 245 g/mol. The summed E-state index contributed by atoms with van der Waals surface area (Å²) >= 11 is 11.6. The Labute approximate surface area is 97.2 Å². The molecular formula is C9H10Cl2N4. The number of aromatic nitrogens is 4. The second-order valence-electron chi connectivity index (χ2n) is 3.16. The van der Waals surface area contributed by atoms with E-state index in [0.717, 1.165) is 30.4 Å². The van der Waals surface area contributed by atoms with Crippen LogP contribution in [-0.4, -0.2) is 25.6 Å². The lowest BCUT2D eigenvalue weighted by atomic mass is 10.3. The van der Waals surface area contributed by atoms with Crippen LogP contribution < -0.4 is 0 Å². The van der Waals surface area contributed by atoms with Crippen molar-refractivity contribution in [2.45, 2.75) is 19.4 Å². The van der Waals surface area contributed by atoms with Crippen molar-refractivity contribution in [1.29, 1.82) is 0 Å². The molecule has 0 atom stereocenters. The van der Waals surface area contributed by atoms with Gasteiger partial charge in [-0.2, -0.15) is 5.10 Å². The molecule has 2 heterocycles. The molecule has 0 spiro atoms. The fourth-order valence-corrected chi connectivity index (χ4v) is 1.84. The highest BCUT2D eigenvalue weighted by Gasteiger charge is 2.07. The van der Waals surface area contributed by atoms with E-state index in [1.807, 2.05) is 4.68 Å². The van der Waals surface area contributed by atoms with E-state index < -0.39 is 0 Å². The first-order valence-corrected chi connectivity index (χ1v) is 5.62. The third-order valence-corrected chi connectivity index (χ3v) is 2.68. The Morgan fingerprint density at radius 3 is 2.93 bits per heavy atom. The molecule has 4 nitrogen and oxygen atoms in total. The van der Waals surface area contributed by atoms with Crippen LogP contribution in [-0.2, 0) is 6.54 Å². The number of rotatable bonds is 4. The second kappa shape index (κ2) is 4.77.